The predicted octanol–water partition coefficient (Wildman–Crippen LogP) is 2.48. The van der Waals surface area contributed by atoms with Gasteiger partial charge in [-0.2, -0.15) is 0 Å². The van der Waals surface area contributed by atoms with Crippen molar-refractivity contribution in [2.45, 2.75) is 38.0 Å². The van der Waals surface area contributed by atoms with E-state index in [9.17, 15) is 19.5 Å². The van der Waals surface area contributed by atoms with Gasteiger partial charge in [-0.25, -0.2) is 4.79 Å². The highest BCUT2D eigenvalue weighted by Crippen LogP contribution is 2.39. The Labute approximate surface area is 181 Å². The van der Waals surface area contributed by atoms with E-state index < -0.39 is 17.7 Å². The molecule has 2 aliphatic heterocycles. The third-order valence-corrected chi connectivity index (χ3v) is 6.24. The molecule has 1 atom stereocenters. The second-order valence-electron chi connectivity index (χ2n) is 8.14. The number of nitrogens with zero attached hydrogens (tertiary/aromatic N) is 2. The Morgan fingerprint density at radius 2 is 1.68 bits per heavy atom. The molecule has 0 radical (unpaired) electrons. The van der Waals surface area contributed by atoms with Gasteiger partial charge in [0.05, 0.1) is 13.0 Å². The fraction of sp³-hybridized carbons (Fsp3) is 0.375. The minimum absolute atomic E-state index is 0.0191. The van der Waals surface area contributed by atoms with E-state index in [4.69, 9.17) is 4.74 Å². The third-order valence-electron chi connectivity index (χ3n) is 6.24. The number of hydrogen-bond donors (Lipinski definition) is 1. The van der Waals surface area contributed by atoms with Crippen molar-refractivity contribution in [3.05, 3.63) is 71.3 Å². The van der Waals surface area contributed by atoms with Crippen LogP contribution in [0, 0.1) is 6.92 Å². The van der Waals surface area contributed by atoms with Gasteiger partial charge in [0.1, 0.15) is 5.72 Å². The maximum Gasteiger partial charge on any atom is 0.328 e. The van der Waals surface area contributed by atoms with E-state index in [2.05, 4.69) is 0 Å². The lowest BCUT2D eigenvalue weighted by Gasteiger charge is -2.44. The molecule has 2 heterocycles. The number of carboxylic acid groups (broad SMARTS) is 1. The van der Waals surface area contributed by atoms with Crippen LogP contribution in [0.1, 0.15) is 34.3 Å². The van der Waals surface area contributed by atoms with Crippen molar-refractivity contribution in [3.8, 4) is 0 Å². The largest absolute Gasteiger partial charge is 0.480 e. The number of carbonyl (C=O) groups is 3. The monoisotopic (exact) mass is 422 g/mol. The number of aliphatic carboxylic acids is 1. The Hall–Kier alpha value is -3.19. The third kappa shape index (κ3) is 4.05. The molecule has 2 fully saturated rings. The molecule has 162 valence electrons. The lowest BCUT2D eigenvalue weighted by atomic mass is 9.95. The first-order chi connectivity index (χ1) is 14.9. The van der Waals surface area contributed by atoms with Crippen LogP contribution in [0.3, 0.4) is 0 Å². The molecule has 2 aromatic rings. The topological polar surface area (TPSA) is 87.2 Å². The number of hydrogen-bond acceptors (Lipinski definition) is 4. The Kier molecular flexibility index (Phi) is 5.78. The van der Waals surface area contributed by atoms with Gasteiger partial charge in [0.25, 0.3) is 5.91 Å². The molecule has 1 spiro atoms. The molecule has 2 saturated heterocycles. The summed E-state index contributed by atoms with van der Waals surface area (Å²) in [5.41, 5.74) is 1.20. The lowest BCUT2D eigenvalue weighted by Crippen LogP contribution is -2.59. The summed E-state index contributed by atoms with van der Waals surface area (Å²) in [6, 6.07) is 15.7. The minimum atomic E-state index is -1.08. The van der Waals surface area contributed by atoms with Gasteiger partial charge in [-0.05, 0) is 24.1 Å². The van der Waals surface area contributed by atoms with Crippen LogP contribution in [0.2, 0.25) is 0 Å². The molecule has 0 saturated carbocycles. The van der Waals surface area contributed by atoms with E-state index >= 15 is 0 Å². The Morgan fingerprint density at radius 1 is 1.03 bits per heavy atom. The van der Waals surface area contributed by atoms with Gasteiger partial charge in [0, 0.05) is 31.5 Å². The molecule has 4 rings (SSSR count). The fourth-order valence-electron chi connectivity index (χ4n) is 4.49. The number of benzene rings is 2. The van der Waals surface area contributed by atoms with Crippen molar-refractivity contribution < 1.29 is 24.2 Å². The van der Waals surface area contributed by atoms with Crippen molar-refractivity contribution in [1.29, 1.82) is 0 Å². The Bertz CT molecular complexity index is 982. The average Bonchev–Trinajstić information content (AvgIpc) is 3.13. The predicted molar refractivity (Wildman–Crippen MR) is 113 cm³/mol. The Balaban J connectivity index is 1.52. The Morgan fingerprint density at radius 3 is 2.32 bits per heavy atom. The number of aryl methyl sites for hydroxylation is 1. The highest BCUT2D eigenvalue weighted by Gasteiger charge is 2.54. The number of ether oxygens (including phenoxy) is 1. The standard InChI is InChI=1S/C24H26N2O5/c1-17-7-5-6-10-19(17)22(28)26-20(23(29)30)16-31-24(26)11-13-25(14-12-24)21(27)15-18-8-3-2-4-9-18/h2-10,20H,11-16H2,1H3,(H,29,30)/t20-/m1/s1. The van der Waals surface area contributed by atoms with Gasteiger partial charge in [-0.1, -0.05) is 48.5 Å². The first-order valence-electron chi connectivity index (χ1n) is 10.5. The van der Waals surface area contributed by atoms with Crippen LogP contribution in [0.25, 0.3) is 0 Å². The highest BCUT2D eigenvalue weighted by atomic mass is 16.5. The molecule has 1 N–H and O–H groups in total. The summed E-state index contributed by atoms with van der Waals surface area (Å²) in [4.78, 5) is 41.2. The molecule has 0 aromatic heterocycles. The van der Waals surface area contributed by atoms with E-state index in [0.717, 1.165) is 11.1 Å². The van der Waals surface area contributed by atoms with E-state index in [0.29, 0.717) is 37.9 Å². The lowest BCUT2D eigenvalue weighted by molar-refractivity contribution is -0.147. The summed E-state index contributed by atoms with van der Waals surface area (Å²) in [7, 11) is 0. The number of carbonyl (C=O) groups excluding carboxylic acids is 2. The summed E-state index contributed by atoms with van der Waals surface area (Å²) in [6.45, 7) is 2.60. The minimum Gasteiger partial charge on any atom is -0.480 e. The highest BCUT2D eigenvalue weighted by molar-refractivity contribution is 5.98. The van der Waals surface area contributed by atoms with Crippen LogP contribution in [0.5, 0.6) is 0 Å². The molecule has 0 aliphatic carbocycles. The molecular formula is C24H26N2O5. The zero-order valence-corrected chi connectivity index (χ0v) is 17.5. The van der Waals surface area contributed by atoms with E-state index in [1.54, 1.807) is 17.0 Å². The van der Waals surface area contributed by atoms with Crippen LogP contribution in [0.4, 0.5) is 0 Å². The fourth-order valence-corrected chi connectivity index (χ4v) is 4.49. The zero-order chi connectivity index (χ0) is 22.0. The van der Waals surface area contributed by atoms with E-state index in [1.165, 1.54) is 4.90 Å². The van der Waals surface area contributed by atoms with E-state index in [1.807, 2.05) is 49.4 Å². The van der Waals surface area contributed by atoms with Gasteiger partial charge in [0.2, 0.25) is 5.91 Å². The van der Waals surface area contributed by atoms with Gasteiger partial charge >= 0.3 is 5.97 Å². The summed E-state index contributed by atoms with van der Waals surface area (Å²) < 4.78 is 5.98. The van der Waals surface area contributed by atoms with Crippen LogP contribution in [0.15, 0.2) is 54.6 Å². The summed E-state index contributed by atoms with van der Waals surface area (Å²) in [5, 5.41) is 9.73. The quantitative estimate of drug-likeness (QED) is 0.818. The van der Waals surface area contributed by atoms with Crippen molar-refractivity contribution in [3.63, 3.8) is 0 Å². The maximum absolute atomic E-state index is 13.4. The number of rotatable bonds is 4. The van der Waals surface area contributed by atoms with Gasteiger partial charge in [0.15, 0.2) is 6.04 Å². The molecule has 2 amide bonds. The molecule has 31 heavy (non-hydrogen) atoms. The van der Waals surface area contributed by atoms with Gasteiger partial charge in [-0.3, -0.25) is 14.5 Å². The van der Waals surface area contributed by atoms with Crippen LogP contribution >= 0.6 is 0 Å². The molecule has 0 bridgehead atoms. The number of piperidine rings is 1. The van der Waals surface area contributed by atoms with Crippen molar-refractivity contribution >= 4 is 17.8 Å². The first kappa shape index (κ1) is 21.1. The SMILES string of the molecule is Cc1ccccc1C(=O)N1[C@@H](C(=O)O)COC12CCN(C(=O)Cc1ccccc1)CC2. The summed E-state index contributed by atoms with van der Waals surface area (Å²) in [5.74, 6) is -1.40. The number of amides is 2. The molecule has 7 heteroatoms. The second-order valence-corrected chi connectivity index (χ2v) is 8.14. The van der Waals surface area contributed by atoms with E-state index in [-0.39, 0.29) is 18.4 Å². The smallest absolute Gasteiger partial charge is 0.328 e. The molecule has 7 nitrogen and oxygen atoms in total. The van der Waals surface area contributed by atoms with Gasteiger partial charge < -0.3 is 14.7 Å². The van der Waals surface area contributed by atoms with Gasteiger partial charge in [-0.15, -0.1) is 0 Å². The van der Waals surface area contributed by atoms with Crippen LogP contribution < -0.4 is 0 Å². The normalized spacial score (nSPS) is 20.1. The van der Waals surface area contributed by atoms with Crippen molar-refractivity contribution in [1.82, 2.24) is 9.80 Å². The van der Waals surface area contributed by atoms with Crippen molar-refractivity contribution in [2.24, 2.45) is 0 Å². The van der Waals surface area contributed by atoms with Crippen LogP contribution in [-0.4, -0.2) is 64.2 Å². The number of likely N-dealkylation sites (tertiary alicyclic amines) is 1. The molecular weight excluding hydrogens is 396 g/mol. The number of carboxylic acids is 1. The first-order valence-corrected chi connectivity index (χ1v) is 10.5. The average molecular weight is 422 g/mol. The molecule has 2 aliphatic rings. The second kappa shape index (κ2) is 8.51. The zero-order valence-electron chi connectivity index (χ0n) is 17.5. The summed E-state index contributed by atoms with van der Waals surface area (Å²) in [6.07, 6.45) is 1.09. The summed E-state index contributed by atoms with van der Waals surface area (Å²) >= 11 is 0. The van der Waals surface area contributed by atoms with Crippen molar-refractivity contribution in [2.75, 3.05) is 19.7 Å². The molecule has 2 aromatic carbocycles. The maximum atomic E-state index is 13.4. The van der Waals surface area contributed by atoms with Crippen LogP contribution in [-0.2, 0) is 20.7 Å². The molecule has 0 unspecified atom stereocenters.